The Morgan fingerprint density at radius 2 is 2.26 bits per heavy atom. The molecule has 0 radical (unpaired) electrons. The molecule has 2 heterocycles. The van der Waals surface area contributed by atoms with Crippen molar-refractivity contribution >= 4 is 0 Å². The Morgan fingerprint density at radius 3 is 2.95 bits per heavy atom. The van der Waals surface area contributed by atoms with Crippen LogP contribution in [0.3, 0.4) is 0 Å². The molecule has 0 amide bonds. The molecule has 2 fully saturated rings. The van der Waals surface area contributed by atoms with E-state index in [1.807, 2.05) is 6.92 Å². The summed E-state index contributed by atoms with van der Waals surface area (Å²) < 4.78 is 23.7. The highest BCUT2D eigenvalue weighted by Crippen LogP contribution is 2.36. The number of ether oxygens (including phenoxy) is 2. The number of hydrogen-bond acceptors (Lipinski definition) is 4. The first-order valence-electron chi connectivity index (χ1n) is 7.06. The average molecular weight is 272 g/mol. The monoisotopic (exact) mass is 272 g/mol. The van der Waals surface area contributed by atoms with E-state index in [1.165, 1.54) is 0 Å². The standard InChI is InChI=1S/C14H25FN2O2/c1-3-19-12-14-8-13(9-15)10-17(14)5-4-16(11-14)6-7-18-2/h9H,3-8,10-12H2,1-2H3/b13-9+/t14-/m1/s1. The van der Waals surface area contributed by atoms with Crippen molar-refractivity contribution in [3.8, 4) is 0 Å². The van der Waals surface area contributed by atoms with Crippen molar-refractivity contribution in [1.29, 1.82) is 0 Å². The summed E-state index contributed by atoms with van der Waals surface area (Å²) >= 11 is 0. The fourth-order valence-electron chi connectivity index (χ4n) is 3.20. The second-order valence-electron chi connectivity index (χ2n) is 5.50. The molecular weight excluding hydrogens is 247 g/mol. The van der Waals surface area contributed by atoms with Gasteiger partial charge in [-0.1, -0.05) is 0 Å². The van der Waals surface area contributed by atoms with E-state index in [0.29, 0.717) is 13.2 Å². The van der Waals surface area contributed by atoms with Crippen LogP contribution in [0.15, 0.2) is 11.9 Å². The fraction of sp³-hybridized carbons (Fsp3) is 0.857. The zero-order valence-electron chi connectivity index (χ0n) is 12.0. The van der Waals surface area contributed by atoms with E-state index in [9.17, 15) is 4.39 Å². The Kier molecular flexibility index (Phi) is 5.33. The summed E-state index contributed by atoms with van der Waals surface area (Å²) in [5.74, 6) is 0. The molecular formula is C14H25FN2O2. The van der Waals surface area contributed by atoms with Gasteiger partial charge in [0.05, 0.1) is 25.1 Å². The first-order valence-corrected chi connectivity index (χ1v) is 7.06. The molecule has 2 aliphatic rings. The van der Waals surface area contributed by atoms with Crippen LogP contribution >= 0.6 is 0 Å². The second kappa shape index (κ2) is 6.79. The first-order chi connectivity index (χ1) is 9.24. The van der Waals surface area contributed by atoms with Crippen molar-refractivity contribution < 1.29 is 13.9 Å². The van der Waals surface area contributed by atoms with Crippen LogP contribution < -0.4 is 0 Å². The second-order valence-corrected chi connectivity index (χ2v) is 5.50. The zero-order valence-corrected chi connectivity index (χ0v) is 12.0. The third kappa shape index (κ3) is 3.34. The lowest BCUT2D eigenvalue weighted by molar-refractivity contribution is -0.0377. The number of nitrogens with zero attached hydrogens (tertiary/aromatic N) is 2. The van der Waals surface area contributed by atoms with Crippen molar-refractivity contribution in [1.82, 2.24) is 9.80 Å². The summed E-state index contributed by atoms with van der Waals surface area (Å²) in [4.78, 5) is 4.79. The molecule has 0 aromatic rings. The number of fused-ring (bicyclic) bond motifs is 1. The van der Waals surface area contributed by atoms with Crippen molar-refractivity contribution in [3.63, 3.8) is 0 Å². The Labute approximate surface area is 115 Å². The molecule has 2 aliphatic heterocycles. The maximum absolute atomic E-state index is 12.9. The molecule has 0 unspecified atom stereocenters. The van der Waals surface area contributed by atoms with E-state index in [-0.39, 0.29) is 5.54 Å². The van der Waals surface area contributed by atoms with Gasteiger partial charge >= 0.3 is 0 Å². The molecule has 0 spiro atoms. The van der Waals surface area contributed by atoms with Crippen molar-refractivity contribution in [2.75, 3.05) is 59.7 Å². The van der Waals surface area contributed by atoms with E-state index in [1.54, 1.807) is 7.11 Å². The van der Waals surface area contributed by atoms with Gasteiger partial charge in [0.1, 0.15) is 0 Å². The van der Waals surface area contributed by atoms with Gasteiger partial charge in [-0.05, 0) is 18.9 Å². The van der Waals surface area contributed by atoms with Crippen LogP contribution in [0.25, 0.3) is 0 Å². The maximum atomic E-state index is 12.9. The minimum atomic E-state index is -0.0417. The lowest BCUT2D eigenvalue weighted by Crippen LogP contribution is -2.61. The number of rotatable bonds is 6. The van der Waals surface area contributed by atoms with Crippen LogP contribution in [-0.2, 0) is 9.47 Å². The summed E-state index contributed by atoms with van der Waals surface area (Å²) in [6.45, 7) is 8.78. The molecule has 0 aromatic carbocycles. The predicted octanol–water partition coefficient (Wildman–Crippen LogP) is 1.28. The summed E-state index contributed by atoms with van der Waals surface area (Å²) in [7, 11) is 1.73. The lowest BCUT2D eigenvalue weighted by Gasteiger charge is -2.46. The smallest absolute Gasteiger partial charge is 0.0872 e. The molecule has 0 aliphatic carbocycles. The highest BCUT2D eigenvalue weighted by molar-refractivity contribution is 5.19. The molecule has 0 aromatic heterocycles. The van der Waals surface area contributed by atoms with Crippen molar-refractivity contribution in [2.45, 2.75) is 18.9 Å². The van der Waals surface area contributed by atoms with Gasteiger partial charge in [0, 0.05) is 46.4 Å². The number of hydrogen-bond donors (Lipinski definition) is 0. The van der Waals surface area contributed by atoms with E-state index in [4.69, 9.17) is 9.47 Å². The molecule has 1 atom stereocenters. The highest BCUT2D eigenvalue weighted by Gasteiger charge is 2.46. The summed E-state index contributed by atoms with van der Waals surface area (Å²) in [5, 5.41) is 0. The van der Waals surface area contributed by atoms with Crippen LogP contribution in [0, 0.1) is 0 Å². The van der Waals surface area contributed by atoms with Gasteiger partial charge in [0.2, 0.25) is 0 Å². The Hall–Kier alpha value is -0.490. The van der Waals surface area contributed by atoms with Crippen LogP contribution in [0.2, 0.25) is 0 Å². The topological polar surface area (TPSA) is 24.9 Å². The summed E-state index contributed by atoms with van der Waals surface area (Å²) in [6, 6.07) is 0. The van der Waals surface area contributed by atoms with Crippen LogP contribution in [0.1, 0.15) is 13.3 Å². The van der Waals surface area contributed by atoms with E-state index in [0.717, 1.165) is 57.7 Å². The van der Waals surface area contributed by atoms with Gasteiger partial charge in [-0.25, -0.2) is 4.39 Å². The Bertz CT molecular complexity index is 325. The minimum Gasteiger partial charge on any atom is -0.383 e. The van der Waals surface area contributed by atoms with Crippen LogP contribution in [0.5, 0.6) is 0 Å². The molecule has 110 valence electrons. The minimum absolute atomic E-state index is 0.0417. The fourth-order valence-corrected chi connectivity index (χ4v) is 3.20. The van der Waals surface area contributed by atoms with Crippen molar-refractivity contribution in [3.05, 3.63) is 11.9 Å². The number of halogens is 1. The third-order valence-electron chi connectivity index (χ3n) is 4.17. The Balaban J connectivity index is 2.04. The number of piperazine rings is 1. The molecule has 0 N–H and O–H groups in total. The van der Waals surface area contributed by atoms with Gasteiger partial charge in [-0.15, -0.1) is 0 Å². The van der Waals surface area contributed by atoms with E-state index >= 15 is 0 Å². The molecule has 2 rings (SSSR count). The van der Waals surface area contributed by atoms with Crippen molar-refractivity contribution in [2.24, 2.45) is 0 Å². The summed E-state index contributed by atoms with van der Waals surface area (Å²) in [6.07, 6.45) is 1.57. The molecule has 4 nitrogen and oxygen atoms in total. The predicted molar refractivity (Wildman–Crippen MR) is 72.9 cm³/mol. The molecule has 0 bridgehead atoms. The van der Waals surface area contributed by atoms with Crippen LogP contribution in [0.4, 0.5) is 4.39 Å². The van der Waals surface area contributed by atoms with Gasteiger partial charge in [-0.3, -0.25) is 9.80 Å². The Morgan fingerprint density at radius 1 is 1.42 bits per heavy atom. The van der Waals surface area contributed by atoms with Gasteiger partial charge in [-0.2, -0.15) is 0 Å². The average Bonchev–Trinajstić information content (AvgIpc) is 2.81. The lowest BCUT2D eigenvalue weighted by atomic mass is 9.93. The highest BCUT2D eigenvalue weighted by atomic mass is 19.1. The zero-order chi connectivity index (χ0) is 13.7. The quantitative estimate of drug-likeness (QED) is 0.727. The molecule has 0 saturated carbocycles. The largest absolute Gasteiger partial charge is 0.383 e. The first kappa shape index (κ1) is 14.9. The normalized spacial score (nSPS) is 31.0. The molecule has 2 saturated heterocycles. The molecule has 19 heavy (non-hydrogen) atoms. The van der Waals surface area contributed by atoms with Crippen LogP contribution in [-0.4, -0.2) is 75.0 Å². The third-order valence-corrected chi connectivity index (χ3v) is 4.17. The van der Waals surface area contributed by atoms with Gasteiger partial charge in [0.25, 0.3) is 0 Å². The number of methoxy groups -OCH3 is 1. The summed E-state index contributed by atoms with van der Waals surface area (Å²) in [5.41, 5.74) is 0.855. The van der Waals surface area contributed by atoms with Gasteiger partial charge in [0.15, 0.2) is 0 Å². The SMILES string of the molecule is CCOC[C@]12C/C(=C\F)CN1CCN(CCOC)C2. The van der Waals surface area contributed by atoms with E-state index < -0.39 is 0 Å². The van der Waals surface area contributed by atoms with Gasteiger partial charge < -0.3 is 9.47 Å². The van der Waals surface area contributed by atoms with E-state index in [2.05, 4.69) is 9.80 Å². The maximum Gasteiger partial charge on any atom is 0.0872 e. The molecule has 5 heteroatoms.